The lowest BCUT2D eigenvalue weighted by Gasteiger charge is -2.08. The van der Waals surface area contributed by atoms with Crippen LogP contribution in [0.4, 0.5) is 0 Å². The van der Waals surface area contributed by atoms with Crippen molar-refractivity contribution in [3.63, 3.8) is 0 Å². The molecule has 18 heavy (non-hydrogen) atoms. The molecule has 0 heterocycles. The fraction of sp³-hybridized carbons (Fsp3) is 0.200. The highest BCUT2D eigenvalue weighted by Gasteiger charge is 2.14. The Labute approximate surface area is 109 Å². The first-order chi connectivity index (χ1) is 8.30. The summed E-state index contributed by atoms with van der Waals surface area (Å²) < 4.78 is 23.2. The summed E-state index contributed by atoms with van der Waals surface area (Å²) >= 11 is 0. The highest BCUT2D eigenvalue weighted by atomic mass is 32.2. The zero-order valence-corrected chi connectivity index (χ0v) is 11.6. The fourth-order valence-corrected chi connectivity index (χ4v) is 2.21. The molecule has 3 heteroatoms. The molecule has 1 aliphatic rings. The number of hydrogen-bond donors (Lipinski definition) is 0. The smallest absolute Gasteiger partial charge is 0.172 e. The van der Waals surface area contributed by atoms with Gasteiger partial charge in [-0.3, -0.25) is 0 Å². The first-order valence-electron chi connectivity index (χ1n) is 5.60. The van der Waals surface area contributed by atoms with E-state index in [9.17, 15) is 8.42 Å². The van der Waals surface area contributed by atoms with E-state index in [0.717, 1.165) is 16.7 Å². The quantitative estimate of drug-likeness (QED) is 0.727. The summed E-state index contributed by atoms with van der Waals surface area (Å²) in [5.74, 6) is 0. The largest absolute Gasteiger partial charge is 0.224 e. The molecule has 0 bridgehead atoms. The van der Waals surface area contributed by atoms with Crippen molar-refractivity contribution in [3.8, 4) is 0 Å². The molecule has 1 aliphatic carbocycles. The maximum Gasteiger partial charge on any atom is 0.172 e. The topological polar surface area (TPSA) is 34.1 Å². The molecule has 0 amide bonds. The molecule has 96 valence electrons. The van der Waals surface area contributed by atoms with Gasteiger partial charge in [0.05, 0.1) is 0 Å². The maximum absolute atomic E-state index is 11.6. The van der Waals surface area contributed by atoms with Gasteiger partial charge in [0.1, 0.15) is 0 Å². The van der Waals surface area contributed by atoms with Crippen LogP contribution in [0.15, 0.2) is 71.2 Å². The number of sulfone groups is 1. The van der Waals surface area contributed by atoms with Crippen molar-refractivity contribution < 1.29 is 8.42 Å². The van der Waals surface area contributed by atoms with Crippen molar-refractivity contribution in [2.75, 3.05) is 6.26 Å². The average Bonchev–Trinajstić information content (AvgIpc) is 2.50. The SMILES string of the molecule is C=C(C)/C=C\C(=C)C1=CC=CC=C(S(C)(=O)=O)C1. The zero-order chi connectivity index (χ0) is 13.8. The normalized spacial score (nSPS) is 16.1. The second-order valence-corrected chi connectivity index (χ2v) is 6.43. The summed E-state index contributed by atoms with van der Waals surface area (Å²) in [6, 6.07) is 0. The third-order valence-corrected chi connectivity index (χ3v) is 3.75. The van der Waals surface area contributed by atoms with Gasteiger partial charge in [-0.25, -0.2) is 8.42 Å². The average molecular weight is 262 g/mol. The molecule has 0 fully saturated rings. The van der Waals surface area contributed by atoms with Gasteiger partial charge in [0.2, 0.25) is 0 Å². The van der Waals surface area contributed by atoms with Crippen LogP contribution in [0.2, 0.25) is 0 Å². The van der Waals surface area contributed by atoms with Crippen LogP contribution >= 0.6 is 0 Å². The van der Waals surface area contributed by atoms with Gasteiger partial charge in [0.25, 0.3) is 0 Å². The molecule has 0 radical (unpaired) electrons. The summed E-state index contributed by atoms with van der Waals surface area (Å²) in [6.45, 7) is 9.63. The maximum atomic E-state index is 11.6. The highest BCUT2D eigenvalue weighted by Crippen LogP contribution is 2.24. The first kappa shape index (κ1) is 14.5. The van der Waals surface area contributed by atoms with Crippen LogP contribution in [0.3, 0.4) is 0 Å². The molecule has 0 unspecified atom stereocenters. The Bertz CT molecular complexity index is 582. The summed E-state index contributed by atoms with van der Waals surface area (Å²) in [5, 5.41) is 0. The lowest BCUT2D eigenvalue weighted by Crippen LogP contribution is -2.02. The van der Waals surface area contributed by atoms with Gasteiger partial charge in [0, 0.05) is 17.6 Å². The molecule has 0 aromatic rings. The molecule has 0 spiro atoms. The minimum absolute atomic E-state index is 0.380. The molecular formula is C15H18O2S. The van der Waals surface area contributed by atoms with E-state index in [2.05, 4.69) is 13.2 Å². The van der Waals surface area contributed by atoms with Crippen molar-refractivity contribution in [2.45, 2.75) is 13.3 Å². The lowest BCUT2D eigenvalue weighted by molar-refractivity contribution is 0.606. The van der Waals surface area contributed by atoms with Gasteiger partial charge >= 0.3 is 0 Å². The van der Waals surface area contributed by atoms with Gasteiger partial charge in [-0.1, -0.05) is 49.1 Å². The van der Waals surface area contributed by atoms with E-state index >= 15 is 0 Å². The second kappa shape index (κ2) is 5.83. The van der Waals surface area contributed by atoms with E-state index in [4.69, 9.17) is 0 Å². The Morgan fingerprint density at radius 2 is 1.83 bits per heavy atom. The Hall–Kier alpha value is -1.61. The molecule has 0 atom stereocenters. The summed E-state index contributed by atoms with van der Waals surface area (Å²) in [4.78, 5) is 0.410. The van der Waals surface area contributed by atoms with Crippen molar-refractivity contribution in [1.82, 2.24) is 0 Å². The van der Waals surface area contributed by atoms with Gasteiger partial charge < -0.3 is 0 Å². The van der Waals surface area contributed by atoms with Crippen LogP contribution in [-0.2, 0) is 9.84 Å². The zero-order valence-electron chi connectivity index (χ0n) is 10.8. The Balaban J connectivity index is 2.97. The van der Waals surface area contributed by atoms with E-state index in [1.165, 1.54) is 6.26 Å². The molecule has 0 saturated heterocycles. The molecule has 0 saturated carbocycles. The summed E-state index contributed by atoms with van der Waals surface area (Å²) in [5.41, 5.74) is 2.64. The van der Waals surface area contributed by atoms with E-state index < -0.39 is 9.84 Å². The molecule has 1 rings (SSSR count). The summed E-state index contributed by atoms with van der Waals surface area (Å²) in [6.07, 6.45) is 12.4. The standard InChI is InChI=1S/C15H18O2S/c1-12(2)9-10-13(3)14-7-5-6-8-15(11-14)18(4,16)17/h5-10H,1,3,11H2,2,4H3/b10-9-. The van der Waals surface area contributed by atoms with Crippen LogP contribution in [0.5, 0.6) is 0 Å². The van der Waals surface area contributed by atoms with Gasteiger partial charge in [-0.15, -0.1) is 0 Å². The summed E-state index contributed by atoms with van der Waals surface area (Å²) in [7, 11) is -3.16. The Kier molecular flexibility index (Phi) is 4.68. The third kappa shape index (κ3) is 4.34. The molecule has 0 aromatic carbocycles. The Morgan fingerprint density at radius 1 is 1.22 bits per heavy atom. The van der Waals surface area contributed by atoms with Crippen LogP contribution in [0.1, 0.15) is 13.3 Å². The van der Waals surface area contributed by atoms with E-state index in [0.29, 0.717) is 11.3 Å². The Morgan fingerprint density at radius 3 is 2.39 bits per heavy atom. The van der Waals surface area contributed by atoms with Crippen molar-refractivity contribution in [3.05, 3.63) is 71.2 Å². The van der Waals surface area contributed by atoms with E-state index in [-0.39, 0.29) is 0 Å². The first-order valence-corrected chi connectivity index (χ1v) is 7.49. The highest BCUT2D eigenvalue weighted by molar-refractivity contribution is 7.94. The van der Waals surface area contributed by atoms with Gasteiger partial charge in [-0.2, -0.15) is 0 Å². The van der Waals surface area contributed by atoms with Crippen LogP contribution < -0.4 is 0 Å². The minimum atomic E-state index is -3.16. The predicted molar refractivity (Wildman–Crippen MR) is 77.9 cm³/mol. The molecule has 0 aromatic heterocycles. The molecular weight excluding hydrogens is 244 g/mol. The van der Waals surface area contributed by atoms with Crippen molar-refractivity contribution >= 4 is 9.84 Å². The monoisotopic (exact) mass is 262 g/mol. The van der Waals surface area contributed by atoms with Crippen molar-refractivity contribution in [2.24, 2.45) is 0 Å². The van der Waals surface area contributed by atoms with Crippen LogP contribution in [0, 0.1) is 0 Å². The fourth-order valence-electron chi connectivity index (χ4n) is 1.47. The minimum Gasteiger partial charge on any atom is -0.224 e. The van der Waals surface area contributed by atoms with Gasteiger partial charge in [0.15, 0.2) is 9.84 Å². The van der Waals surface area contributed by atoms with Crippen LogP contribution in [-0.4, -0.2) is 14.7 Å². The number of rotatable bonds is 4. The lowest BCUT2D eigenvalue weighted by atomic mass is 10.0. The molecule has 2 nitrogen and oxygen atoms in total. The molecule has 0 aliphatic heterocycles. The van der Waals surface area contributed by atoms with E-state index in [1.54, 1.807) is 12.2 Å². The van der Waals surface area contributed by atoms with Crippen LogP contribution in [0.25, 0.3) is 0 Å². The predicted octanol–water partition coefficient (Wildman–Crippen LogP) is 3.49. The number of allylic oxidation sites excluding steroid dienone is 10. The van der Waals surface area contributed by atoms with Gasteiger partial charge in [-0.05, 0) is 24.1 Å². The number of hydrogen-bond acceptors (Lipinski definition) is 2. The second-order valence-electron chi connectivity index (χ2n) is 4.36. The third-order valence-electron chi connectivity index (χ3n) is 2.51. The molecule has 0 N–H and O–H groups in total. The van der Waals surface area contributed by atoms with Crippen molar-refractivity contribution in [1.29, 1.82) is 0 Å². The van der Waals surface area contributed by atoms with E-state index in [1.807, 2.05) is 31.2 Å².